The van der Waals surface area contributed by atoms with E-state index >= 15 is 0 Å². The molecule has 0 N–H and O–H groups in total. The van der Waals surface area contributed by atoms with E-state index in [9.17, 15) is 10.1 Å². The molecule has 0 fully saturated rings. The molecule has 0 bridgehead atoms. The summed E-state index contributed by atoms with van der Waals surface area (Å²) in [6.07, 6.45) is 5.50. The van der Waals surface area contributed by atoms with Crippen LogP contribution in [-0.2, 0) is 12.8 Å². The molecule has 0 saturated carbocycles. The van der Waals surface area contributed by atoms with Crippen molar-refractivity contribution >= 4 is 5.69 Å². The van der Waals surface area contributed by atoms with Gasteiger partial charge in [0.25, 0.3) is 5.69 Å². The maximum absolute atomic E-state index is 10.9. The van der Waals surface area contributed by atoms with Gasteiger partial charge in [0.1, 0.15) is 0 Å². The lowest BCUT2D eigenvalue weighted by atomic mass is 9.87. The Morgan fingerprint density at radius 3 is 2.55 bits per heavy atom. The Labute approximate surface area is 120 Å². The average Bonchev–Trinajstić information content (AvgIpc) is 2.45. The first-order valence-electron chi connectivity index (χ1n) is 7.66. The molecule has 4 nitrogen and oxygen atoms in total. The highest BCUT2D eigenvalue weighted by atomic mass is 16.6. The van der Waals surface area contributed by atoms with Crippen molar-refractivity contribution < 1.29 is 4.92 Å². The van der Waals surface area contributed by atoms with Crippen LogP contribution >= 0.6 is 0 Å². The number of nitrogens with zero attached hydrogens (tertiary/aromatic N) is 2. The maximum atomic E-state index is 10.9. The van der Waals surface area contributed by atoms with Gasteiger partial charge in [-0.05, 0) is 56.3 Å². The highest BCUT2D eigenvalue weighted by molar-refractivity contribution is 5.41. The quantitative estimate of drug-likeness (QED) is 0.589. The second-order valence-corrected chi connectivity index (χ2v) is 5.64. The summed E-state index contributed by atoms with van der Waals surface area (Å²) in [6.45, 7) is 6.68. The van der Waals surface area contributed by atoms with Gasteiger partial charge in [-0.1, -0.05) is 19.9 Å². The lowest BCUT2D eigenvalue weighted by Gasteiger charge is -2.35. The normalized spacial score (nSPS) is 18.1. The highest BCUT2D eigenvalue weighted by Gasteiger charge is 2.24. The molecule has 20 heavy (non-hydrogen) atoms. The van der Waals surface area contributed by atoms with E-state index in [1.165, 1.54) is 17.5 Å². The van der Waals surface area contributed by atoms with Gasteiger partial charge in [-0.3, -0.25) is 10.1 Å². The van der Waals surface area contributed by atoms with E-state index in [0.717, 1.165) is 38.8 Å². The Morgan fingerprint density at radius 1 is 1.25 bits per heavy atom. The van der Waals surface area contributed by atoms with Crippen LogP contribution in [0.2, 0.25) is 0 Å². The van der Waals surface area contributed by atoms with E-state index in [-0.39, 0.29) is 10.6 Å². The van der Waals surface area contributed by atoms with E-state index < -0.39 is 0 Å². The van der Waals surface area contributed by atoms with E-state index in [2.05, 4.69) is 18.7 Å². The van der Waals surface area contributed by atoms with Gasteiger partial charge < -0.3 is 4.90 Å². The summed E-state index contributed by atoms with van der Waals surface area (Å²) in [5.74, 6) is 0. The molecule has 0 unspecified atom stereocenters. The fraction of sp³-hybridized carbons (Fsp3) is 0.625. The number of nitro groups is 1. The van der Waals surface area contributed by atoms with Crippen molar-refractivity contribution in [1.82, 2.24) is 4.90 Å². The van der Waals surface area contributed by atoms with Crippen LogP contribution in [0, 0.1) is 10.1 Å². The number of nitro benzene ring substituents is 1. The summed E-state index contributed by atoms with van der Waals surface area (Å²) in [7, 11) is 0. The van der Waals surface area contributed by atoms with Gasteiger partial charge >= 0.3 is 0 Å². The Balaban J connectivity index is 2.15. The van der Waals surface area contributed by atoms with E-state index in [1.54, 1.807) is 12.1 Å². The van der Waals surface area contributed by atoms with E-state index in [1.807, 2.05) is 6.07 Å². The molecule has 0 spiro atoms. The van der Waals surface area contributed by atoms with Gasteiger partial charge in [0.05, 0.1) is 4.92 Å². The second-order valence-electron chi connectivity index (χ2n) is 5.64. The summed E-state index contributed by atoms with van der Waals surface area (Å²) < 4.78 is 0. The third-order valence-corrected chi connectivity index (χ3v) is 4.14. The van der Waals surface area contributed by atoms with Crippen LogP contribution in [0.25, 0.3) is 0 Å². The molecule has 1 aliphatic rings. The largest absolute Gasteiger partial charge is 0.300 e. The third-order valence-electron chi connectivity index (χ3n) is 4.14. The van der Waals surface area contributed by atoms with Gasteiger partial charge in [-0.25, -0.2) is 0 Å². The number of hydrogen-bond acceptors (Lipinski definition) is 3. The molecule has 0 saturated heterocycles. The monoisotopic (exact) mass is 276 g/mol. The topological polar surface area (TPSA) is 46.4 Å². The lowest BCUT2D eigenvalue weighted by Crippen LogP contribution is -2.40. The number of non-ortho nitro benzene ring substituents is 1. The molecule has 0 amide bonds. The number of aryl methyl sites for hydroxylation is 1. The third kappa shape index (κ3) is 3.37. The van der Waals surface area contributed by atoms with Crippen LogP contribution in [-0.4, -0.2) is 29.0 Å². The summed E-state index contributed by atoms with van der Waals surface area (Å²) in [5, 5.41) is 10.9. The van der Waals surface area contributed by atoms with Crippen LogP contribution in [0.5, 0.6) is 0 Å². The standard InChI is InChI=1S/C16H24N2O2/c1-3-9-17(10-4-2)15-7-5-13-6-8-16(18(19)20)12-14(13)11-15/h6,8,12,15H,3-5,7,9-11H2,1-2H3/t15-/m1/s1. The zero-order chi connectivity index (χ0) is 14.5. The Kier molecular flexibility index (Phi) is 5.12. The Bertz CT molecular complexity index is 468. The fourth-order valence-corrected chi connectivity index (χ4v) is 3.20. The van der Waals surface area contributed by atoms with E-state index in [4.69, 9.17) is 0 Å². The summed E-state index contributed by atoms with van der Waals surface area (Å²) in [6, 6.07) is 5.89. The number of benzene rings is 1. The van der Waals surface area contributed by atoms with Crippen LogP contribution in [0.15, 0.2) is 18.2 Å². The Hall–Kier alpha value is -1.42. The average molecular weight is 276 g/mol. The first kappa shape index (κ1) is 15.0. The zero-order valence-electron chi connectivity index (χ0n) is 12.5. The van der Waals surface area contributed by atoms with Crippen molar-refractivity contribution in [3.05, 3.63) is 39.4 Å². The molecule has 4 heteroatoms. The minimum atomic E-state index is -0.292. The smallest absolute Gasteiger partial charge is 0.269 e. The molecule has 1 atom stereocenters. The molecule has 2 rings (SSSR count). The molecular formula is C16H24N2O2. The molecule has 1 aromatic rings. The molecular weight excluding hydrogens is 252 g/mol. The molecule has 0 radical (unpaired) electrons. The lowest BCUT2D eigenvalue weighted by molar-refractivity contribution is -0.384. The molecule has 0 heterocycles. The van der Waals surface area contributed by atoms with Crippen LogP contribution < -0.4 is 0 Å². The minimum Gasteiger partial charge on any atom is -0.300 e. The van der Waals surface area contributed by atoms with Crippen LogP contribution in [0.4, 0.5) is 5.69 Å². The highest BCUT2D eigenvalue weighted by Crippen LogP contribution is 2.28. The van der Waals surface area contributed by atoms with Crippen molar-refractivity contribution in [3.8, 4) is 0 Å². The minimum absolute atomic E-state index is 0.224. The van der Waals surface area contributed by atoms with Gasteiger partial charge in [0.15, 0.2) is 0 Å². The first-order valence-corrected chi connectivity index (χ1v) is 7.66. The van der Waals surface area contributed by atoms with Gasteiger partial charge in [-0.2, -0.15) is 0 Å². The second kappa shape index (κ2) is 6.84. The zero-order valence-corrected chi connectivity index (χ0v) is 12.5. The SMILES string of the molecule is CCCN(CCC)[C@@H]1CCc2ccc([N+](=O)[O-])cc2C1. The van der Waals surface area contributed by atoms with Crippen molar-refractivity contribution in [3.63, 3.8) is 0 Å². The van der Waals surface area contributed by atoms with Crippen molar-refractivity contribution in [2.75, 3.05) is 13.1 Å². The maximum Gasteiger partial charge on any atom is 0.269 e. The number of fused-ring (bicyclic) bond motifs is 1. The number of hydrogen-bond donors (Lipinski definition) is 0. The van der Waals surface area contributed by atoms with Crippen molar-refractivity contribution in [1.29, 1.82) is 0 Å². The summed E-state index contributed by atoms with van der Waals surface area (Å²) in [5.41, 5.74) is 2.69. The molecule has 1 aromatic carbocycles. The molecule has 0 aromatic heterocycles. The van der Waals surface area contributed by atoms with Gasteiger partial charge in [0.2, 0.25) is 0 Å². The van der Waals surface area contributed by atoms with Crippen LogP contribution in [0.1, 0.15) is 44.2 Å². The fourth-order valence-electron chi connectivity index (χ4n) is 3.20. The summed E-state index contributed by atoms with van der Waals surface area (Å²) >= 11 is 0. The predicted octanol–water partition coefficient (Wildman–Crippen LogP) is 3.57. The molecule has 1 aliphatic carbocycles. The van der Waals surface area contributed by atoms with Crippen molar-refractivity contribution in [2.24, 2.45) is 0 Å². The van der Waals surface area contributed by atoms with Crippen LogP contribution in [0.3, 0.4) is 0 Å². The molecule has 110 valence electrons. The van der Waals surface area contributed by atoms with Gasteiger partial charge in [-0.15, -0.1) is 0 Å². The first-order chi connectivity index (χ1) is 9.65. The van der Waals surface area contributed by atoms with Crippen molar-refractivity contribution in [2.45, 2.75) is 52.0 Å². The molecule has 0 aliphatic heterocycles. The van der Waals surface area contributed by atoms with E-state index in [0.29, 0.717) is 6.04 Å². The predicted molar refractivity (Wildman–Crippen MR) is 81.1 cm³/mol. The summed E-state index contributed by atoms with van der Waals surface area (Å²) in [4.78, 5) is 13.2. The Morgan fingerprint density at radius 2 is 1.95 bits per heavy atom. The van der Waals surface area contributed by atoms with Gasteiger partial charge in [0, 0.05) is 18.2 Å². The number of rotatable bonds is 6.